The van der Waals surface area contributed by atoms with E-state index >= 15 is 0 Å². The Morgan fingerprint density at radius 3 is 2.93 bits per heavy atom. The predicted molar refractivity (Wildman–Crippen MR) is 49.8 cm³/mol. The number of ether oxygens (including phenoxy) is 1. The molecule has 1 unspecified atom stereocenters. The third-order valence-corrected chi connectivity index (χ3v) is 2.11. The minimum Gasteiger partial charge on any atom is -0.496 e. The zero-order valence-corrected chi connectivity index (χ0v) is 7.61. The minimum atomic E-state index is -0.377. The first-order valence-corrected chi connectivity index (χ1v) is 4.47. The first kappa shape index (κ1) is 9.15. The van der Waals surface area contributed by atoms with Gasteiger partial charge in [-0.1, -0.05) is 0 Å². The number of nitrogens with two attached hydrogens (primary N) is 1. The predicted octanol–water partition coefficient (Wildman–Crippen LogP) is 1.52. The number of nitrogens with zero attached hydrogens (tertiary/aromatic N) is 1. The summed E-state index contributed by atoms with van der Waals surface area (Å²) in [6.07, 6.45) is 3.98. The van der Waals surface area contributed by atoms with Crippen LogP contribution in [0.5, 0.6) is 0 Å². The lowest BCUT2D eigenvalue weighted by Gasteiger charge is -2.12. The lowest BCUT2D eigenvalue weighted by molar-refractivity contribution is 0.224. The SMILES string of the molecule is NC(C1=CCCO1)c1ccc(F)cn1. The van der Waals surface area contributed by atoms with E-state index in [0.29, 0.717) is 12.3 Å². The van der Waals surface area contributed by atoms with E-state index in [0.717, 1.165) is 18.4 Å². The van der Waals surface area contributed by atoms with Gasteiger partial charge in [-0.25, -0.2) is 4.39 Å². The van der Waals surface area contributed by atoms with Crippen LogP contribution in [-0.4, -0.2) is 11.6 Å². The number of hydrogen-bond acceptors (Lipinski definition) is 3. The van der Waals surface area contributed by atoms with E-state index in [1.807, 2.05) is 6.08 Å². The molecule has 14 heavy (non-hydrogen) atoms. The molecule has 1 aliphatic rings. The topological polar surface area (TPSA) is 48.1 Å². The maximum Gasteiger partial charge on any atom is 0.141 e. The van der Waals surface area contributed by atoms with E-state index in [-0.39, 0.29) is 11.9 Å². The second kappa shape index (κ2) is 3.75. The Morgan fingerprint density at radius 1 is 1.50 bits per heavy atom. The van der Waals surface area contributed by atoms with Gasteiger partial charge in [0.15, 0.2) is 0 Å². The molecule has 4 heteroatoms. The molecule has 1 aromatic rings. The Hall–Kier alpha value is -1.42. The van der Waals surface area contributed by atoms with E-state index < -0.39 is 0 Å². The number of halogens is 1. The van der Waals surface area contributed by atoms with Crippen molar-refractivity contribution in [2.45, 2.75) is 12.5 Å². The van der Waals surface area contributed by atoms with Crippen LogP contribution in [0.15, 0.2) is 30.2 Å². The summed E-state index contributed by atoms with van der Waals surface area (Å²) in [5.41, 5.74) is 6.50. The molecule has 2 N–H and O–H groups in total. The molecule has 1 aromatic heterocycles. The molecule has 1 aliphatic heterocycles. The van der Waals surface area contributed by atoms with Gasteiger partial charge in [-0.3, -0.25) is 4.98 Å². The van der Waals surface area contributed by atoms with Crippen molar-refractivity contribution in [3.8, 4) is 0 Å². The summed E-state index contributed by atoms with van der Waals surface area (Å²) in [6.45, 7) is 0.671. The van der Waals surface area contributed by atoms with E-state index in [9.17, 15) is 4.39 Å². The van der Waals surface area contributed by atoms with Crippen LogP contribution in [0.2, 0.25) is 0 Å². The summed E-state index contributed by atoms with van der Waals surface area (Å²) >= 11 is 0. The molecule has 1 atom stereocenters. The van der Waals surface area contributed by atoms with Gasteiger partial charge in [0.05, 0.1) is 18.5 Å². The van der Waals surface area contributed by atoms with Gasteiger partial charge in [-0.15, -0.1) is 0 Å². The normalized spacial score (nSPS) is 17.4. The van der Waals surface area contributed by atoms with Crippen molar-refractivity contribution in [2.24, 2.45) is 5.73 Å². The quantitative estimate of drug-likeness (QED) is 0.776. The molecule has 2 rings (SSSR count). The Labute approximate surface area is 81.4 Å². The third kappa shape index (κ3) is 1.75. The summed E-state index contributed by atoms with van der Waals surface area (Å²) in [5, 5.41) is 0. The molecule has 0 aromatic carbocycles. The Morgan fingerprint density at radius 2 is 2.36 bits per heavy atom. The van der Waals surface area contributed by atoms with Crippen LogP contribution in [0, 0.1) is 5.82 Å². The standard InChI is InChI=1S/C10H11FN2O/c11-7-3-4-8(13-6-7)10(12)9-2-1-5-14-9/h2-4,6,10H,1,5,12H2. The Balaban J connectivity index is 2.18. The van der Waals surface area contributed by atoms with Crippen molar-refractivity contribution in [1.29, 1.82) is 0 Å². The third-order valence-electron chi connectivity index (χ3n) is 2.11. The molecular weight excluding hydrogens is 183 g/mol. The van der Waals surface area contributed by atoms with Gasteiger partial charge in [0.25, 0.3) is 0 Å². The molecule has 0 radical (unpaired) electrons. The molecule has 0 fully saturated rings. The van der Waals surface area contributed by atoms with Gasteiger partial charge < -0.3 is 10.5 Å². The van der Waals surface area contributed by atoms with E-state index in [4.69, 9.17) is 10.5 Å². The van der Waals surface area contributed by atoms with Crippen LogP contribution in [0.25, 0.3) is 0 Å². The van der Waals surface area contributed by atoms with Crippen LogP contribution in [0.1, 0.15) is 18.2 Å². The summed E-state index contributed by atoms with van der Waals surface area (Å²) in [7, 11) is 0. The number of hydrogen-bond donors (Lipinski definition) is 1. The molecule has 0 spiro atoms. The molecule has 0 aliphatic carbocycles. The fourth-order valence-electron chi connectivity index (χ4n) is 1.37. The lowest BCUT2D eigenvalue weighted by atomic mass is 10.1. The highest BCUT2D eigenvalue weighted by Crippen LogP contribution is 2.22. The van der Waals surface area contributed by atoms with Crippen LogP contribution in [-0.2, 0) is 4.74 Å². The summed E-state index contributed by atoms with van der Waals surface area (Å²) in [5.74, 6) is 0.367. The fourth-order valence-corrected chi connectivity index (χ4v) is 1.37. The maximum atomic E-state index is 12.6. The van der Waals surface area contributed by atoms with Crippen molar-refractivity contribution in [3.63, 3.8) is 0 Å². The van der Waals surface area contributed by atoms with Gasteiger partial charge in [-0.05, 0) is 18.2 Å². The molecule has 0 bridgehead atoms. The highest BCUT2D eigenvalue weighted by atomic mass is 19.1. The van der Waals surface area contributed by atoms with Crippen LogP contribution in [0.3, 0.4) is 0 Å². The van der Waals surface area contributed by atoms with Crippen molar-refractivity contribution in [3.05, 3.63) is 41.7 Å². The van der Waals surface area contributed by atoms with Crippen LogP contribution < -0.4 is 5.73 Å². The van der Waals surface area contributed by atoms with E-state index in [2.05, 4.69) is 4.98 Å². The van der Waals surface area contributed by atoms with Crippen LogP contribution in [0.4, 0.5) is 4.39 Å². The van der Waals surface area contributed by atoms with Gasteiger partial charge in [0, 0.05) is 6.42 Å². The van der Waals surface area contributed by atoms with Gasteiger partial charge in [0.1, 0.15) is 17.6 Å². The van der Waals surface area contributed by atoms with E-state index in [1.54, 1.807) is 6.07 Å². The molecule has 0 amide bonds. The lowest BCUT2D eigenvalue weighted by Crippen LogP contribution is -2.15. The second-order valence-corrected chi connectivity index (χ2v) is 3.12. The Kier molecular flexibility index (Phi) is 2.45. The fraction of sp³-hybridized carbons (Fsp3) is 0.300. The molecule has 3 nitrogen and oxygen atoms in total. The summed E-state index contributed by atoms with van der Waals surface area (Å²) in [6, 6.07) is 2.54. The minimum absolute atomic E-state index is 0.359. The smallest absolute Gasteiger partial charge is 0.141 e. The molecule has 2 heterocycles. The second-order valence-electron chi connectivity index (χ2n) is 3.12. The number of rotatable bonds is 2. The molecule has 0 saturated carbocycles. The monoisotopic (exact) mass is 194 g/mol. The van der Waals surface area contributed by atoms with E-state index in [1.165, 1.54) is 6.07 Å². The zero-order valence-electron chi connectivity index (χ0n) is 7.61. The molecule has 0 saturated heterocycles. The van der Waals surface area contributed by atoms with Gasteiger partial charge in [0.2, 0.25) is 0 Å². The number of aromatic nitrogens is 1. The van der Waals surface area contributed by atoms with Crippen molar-refractivity contribution in [2.75, 3.05) is 6.61 Å². The highest BCUT2D eigenvalue weighted by Gasteiger charge is 2.17. The van der Waals surface area contributed by atoms with Crippen molar-refractivity contribution < 1.29 is 9.13 Å². The maximum absolute atomic E-state index is 12.6. The van der Waals surface area contributed by atoms with Gasteiger partial charge >= 0.3 is 0 Å². The summed E-state index contributed by atoms with van der Waals surface area (Å²) < 4.78 is 17.9. The molecular formula is C10H11FN2O. The Bertz CT molecular complexity index is 348. The van der Waals surface area contributed by atoms with Crippen molar-refractivity contribution >= 4 is 0 Å². The average Bonchev–Trinajstić information content (AvgIpc) is 2.71. The van der Waals surface area contributed by atoms with Gasteiger partial charge in [-0.2, -0.15) is 0 Å². The molecule has 74 valence electrons. The van der Waals surface area contributed by atoms with Crippen LogP contribution >= 0.6 is 0 Å². The first-order valence-electron chi connectivity index (χ1n) is 4.47. The zero-order chi connectivity index (χ0) is 9.97. The largest absolute Gasteiger partial charge is 0.496 e. The first-order chi connectivity index (χ1) is 6.77. The van der Waals surface area contributed by atoms with Crippen molar-refractivity contribution in [1.82, 2.24) is 4.98 Å². The average molecular weight is 194 g/mol. The highest BCUT2D eigenvalue weighted by molar-refractivity contribution is 5.19. The number of pyridine rings is 1. The summed E-state index contributed by atoms with van der Waals surface area (Å²) in [4.78, 5) is 3.90.